The third-order valence-electron chi connectivity index (χ3n) is 4.37. The number of para-hydroxylation sites is 1. The van der Waals surface area contributed by atoms with Gasteiger partial charge in [-0.15, -0.1) is 0 Å². The maximum Gasteiger partial charge on any atom is 0.264 e. The second kappa shape index (κ2) is 6.48. The van der Waals surface area contributed by atoms with Gasteiger partial charge in [0.15, 0.2) is 12.4 Å². The zero-order valence-corrected chi connectivity index (χ0v) is 13.2. The predicted molar refractivity (Wildman–Crippen MR) is 81.8 cm³/mol. The second-order valence-electron chi connectivity index (χ2n) is 5.99. The van der Waals surface area contributed by atoms with Crippen molar-refractivity contribution in [1.29, 1.82) is 0 Å². The summed E-state index contributed by atoms with van der Waals surface area (Å²) in [6.45, 7) is 2.95. The van der Waals surface area contributed by atoms with E-state index in [1.165, 1.54) is 12.8 Å². The van der Waals surface area contributed by atoms with Crippen LogP contribution in [0.4, 0.5) is 0 Å². The molecule has 0 aliphatic heterocycles. The highest BCUT2D eigenvalue weighted by Gasteiger charge is 2.40. The van der Waals surface area contributed by atoms with Crippen LogP contribution in [0.2, 0.25) is 0 Å². The average molecular weight is 302 g/mol. The minimum absolute atomic E-state index is 0.0842. The van der Waals surface area contributed by atoms with E-state index in [9.17, 15) is 0 Å². The molecule has 1 aromatic heterocycles. The van der Waals surface area contributed by atoms with Gasteiger partial charge < -0.3 is 14.0 Å². The minimum Gasteiger partial charge on any atom is -0.483 e. The summed E-state index contributed by atoms with van der Waals surface area (Å²) in [5.74, 6) is 2.12. The number of aromatic nitrogens is 2. The van der Waals surface area contributed by atoms with Crippen LogP contribution in [-0.2, 0) is 16.8 Å². The van der Waals surface area contributed by atoms with Crippen molar-refractivity contribution in [1.82, 2.24) is 10.1 Å². The molecule has 1 saturated carbocycles. The van der Waals surface area contributed by atoms with Crippen LogP contribution in [0.5, 0.6) is 5.75 Å². The molecule has 3 rings (SSSR count). The number of hydrogen-bond donors (Lipinski definition) is 0. The van der Waals surface area contributed by atoms with Crippen LogP contribution in [0.1, 0.15) is 43.0 Å². The van der Waals surface area contributed by atoms with Gasteiger partial charge in [-0.3, -0.25) is 0 Å². The molecule has 0 saturated heterocycles. The fraction of sp³-hybridized carbons (Fsp3) is 0.529. The molecule has 1 aromatic carbocycles. The molecule has 1 heterocycles. The maximum atomic E-state index is 5.76. The van der Waals surface area contributed by atoms with Crippen molar-refractivity contribution in [2.45, 2.75) is 44.6 Å². The summed E-state index contributed by atoms with van der Waals surface area (Å²) in [7, 11) is 1.72. The number of benzene rings is 1. The Morgan fingerprint density at radius 2 is 2.00 bits per heavy atom. The molecule has 0 amide bonds. The molecule has 0 spiro atoms. The Hall–Kier alpha value is -1.88. The number of hydrogen-bond acceptors (Lipinski definition) is 5. The molecular weight excluding hydrogens is 280 g/mol. The van der Waals surface area contributed by atoms with E-state index in [1.807, 2.05) is 31.2 Å². The fourth-order valence-corrected chi connectivity index (χ4v) is 3.15. The van der Waals surface area contributed by atoms with Gasteiger partial charge in [-0.05, 0) is 31.4 Å². The Labute approximate surface area is 130 Å². The van der Waals surface area contributed by atoms with Crippen molar-refractivity contribution in [3.05, 3.63) is 41.5 Å². The summed E-state index contributed by atoms with van der Waals surface area (Å²) in [6, 6.07) is 7.89. The first-order valence-corrected chi connectivity index (χ1v) is 7.74. The zero-order chi connectivity index (χ0) is 15.4. The number of rotatable bonds is 6. The molecule has 0 N–H and O–H groups in total. The summed E-state index contributed by atoms with van der Waals surface area (Å²) in [6.07, 6.45) is 4.48. The quantitative estimate of drug-likeness (QED) is 0.818. The molecule has 1 aliphatic rings. The maximum absolute atomic E-state index is 5.76. The van der Waals surface area contributed by atoms with Crippen molar-refractivity contribution < 1.29 is 14.0 Å². The number of ether oxygens (including phenoxy) is 2. The van der Waals surface area contributed by atoms with Crippen LogP contribution in [-0.4, -0.2) is 23.9 Å². The molecule has 1 aliphatic carbocycles. The largest absolute Gasteiger partial charge is 0.483 e. The standard InChI is InChI=1S/C17H22N2O3/c1-13-7-3-4-8-14(13)21-11-15-18-16(19-22-15)17(12-20-2)9-5-6-10-17/h3-4,7-8H,5-6,9-12H2,1-2H3. The molecule has 0 bridgehead atoms. The lowest BCUT2D eigenvalue weighted by Gasteiger charge is -2.23. The molecule has 5 nitrogen and oxygen atoms in total. The van der Waals surface area contributed by atoms with Crippen molar-refractivity contribution in [3.8, 4) is 5.75 Å². The number of methoxy groups -OCH3 is 1. The van der Waals surface area contributed by atoms with Crippen LogP contribution < -0.4 is 4.74 Å². The van der Waals surface area contributed by atoms with Crippen LogP contribution in [0.15, 0.2) is 28.8 Å². The second-order valence-corrected chi connectivity index (χ2v) is 5.99. The Bertz CT molecular complexity index is 618. The predicted octanol–water partition coefficient (Wildman–Crippen LogP) is 3.42. The van der Waals surface area contributed by atoms with Crippen molar-refractivity contribution in [2.24, 2.45) is 0 Å². The van der Waals surface area contributed by atoms with Gasteiger partial charge in [-0.25, -0.2) is 0 Å². The van der Waals surface area contributed by atoms with Gasteiger partial charge >= 0.3 is 0 Å². The Morgan fingerprint density at radius 1 is 1.23 bits per heavy atom. The van der Waals surface area contributed by atoms with Crippen LogP contribution in [0.3, 0.4) is 0 Å². The van der Waals surface area contributed by atoms with Crippen molar-refractivity contribution >= 4 is 0 Å². The average Bonchev–Trinajstić information content (AvgIpc) is 3.17. The molecule has 5 heteroatoms. The van der Waals surface area contributed by atoms with E-state index in [0.717, 1.165) is 30.0 Å². The molecule has 22 heavy (non-hydrogen) atoms. The van der Waals surface area contributed by atoms with E-state index in [-0.39, 0.29) is 5.41 Å². The van der Waals surface area contributed by atoms with Gasteiger partial charge in [0.25, 0.3) is 5.89 Å². The Kier molecular flexibility index (Phi) is 4.43. The molecule has 1 fully saturated rings. The number of aryl methyl sites for hydroxylation is 1. The lowest BCUT2D eigenvalue weighted by Crippen LogP contribution is -2.29. The van der Waals surface area contributed by atoms with Crippen LogP contribution in [0.25, 0.3) is 0 Å². The highest BCUT2D eigenvalue weighted by Crippen LogP contribution is 2.39. The molecular formula is C17H22N2O3. The number of nitrogens with zero attached hydrogens (tertiary/aromatic N) is 2. The summed E-state index contributed by atoms with van der Waals surface area (Å²) in [5, 5.41) is 4.18. The summed E-state index contributed by atoms with van der Waals surface area (Å²) >= 11 is 0. The Morgan fingerprint density at radius 3 is 2.73 bits per heavy atom. The smallest absolute Gasteiger partial charge is 0.264 e. The van der Waals surface area contributed by atoms with E-state index in [0.29, 0.717) is 19.1 Å². The lowest BCUT2D eigenvalue weighted by molar-refractivity contribution is 0.125. The first kappa shape index (κ1) is 15.0. The van der Waals surface area contributed by atoms with Gasteiger partial charge in [0.05, 0.1) is 12.0 Å². The van der Waals surface area contributed by atoms with Crippen LogP contribution in [0, 0.1) is 6.92 Å². The zero-order valence-electron chi connectivity index (χ0n) is 13.2. The van der Waals surface area contributed by atoms with E-state index in [4.69, 9.17) is 14.0 Å². The van der Waals surface area contributed by atoms with E-state index < -0.39 is 0 Å². The molecule has 118 valence electrons. The summed E-state index contributed by atoms with van der Waals surface area (Å²) < 4.78 is 16.5. The minimum atomic E-state index is -0.0842. The lowest BCUT2D eigenvalue weighted by atomic mass is 9.86. The van der Waals surface area contributed by atoms with E-state index >= 15 is 0 Å². The normalized spacial score (nSPS) is 16.8. The summed E-state index contributed by atoms with van der Waals surface area (Å²) in [5.41, 5.74) is 1.01. The van der Waals surface area contributed by atoms with Crippen LogP contribution >= 0.6 is 0 Å². The van der Waals surface area contributed by atoms with Gasteiger partial charge in [0, 0.05) is 7.11 Å². The van der Waals surface area contributed by atoms with E-state index in [1.54, 1.807) is 7.11 Å². The van der Waals surface area contributed by atoms with Gasteiger partial charge in [0.1, 0.15) is 5.75 Å². The van der Waals surface area contributed by atoms with Crippen molar-refractivity contribution in [2.75, 3.05) is 13.7 Å². The van der Waals surface area contributed by atoms with Gasteiger partial charge in [0.2, 0.25) is 0 Å². The van der Waals surface area contributed by atoms with Gasteiger partial charge in [-0.1, -0.05) is 36.2 Å². The first-order chi connectivity index (χ1) is 10.7. The molecule has 0 atom stereocenters. The monoisotopic (exact) mass is 302 g/mol. The van der Waals surface area contributed by atoms with E-state index in [2.05, 4.69) is 10.1 Å². The summed E-state index contributed by atoms with van der Waals surface area (Å²) in [4.78, 5) is 4.54. The molecule has 2 aromatic rings. The fourth-order valence-electron chi connectivity index (χ4n) is 3.15. The van der Waals surface area contributed by atoms with Crippen molar-refractivity contribution in [3.63, 3.8) is 0 Å². The van der Waals surface area contributed by atoms with Gasteiger partial charge in [-0.2, -0.15) is 4.98 Å². The SMILES string of the molecule is COCC1(c2noc(COc3ccccc3C)n2)CCCC1. The third kappa shape index (κ3) is 2.99. The Balaban J connectivity index is 1.70. The topological polar surface area (TPSA) is 57.4 Å². The highest BCUT2D eigenvalue weighted by atomic mass is 16.5. The highest BCUT2D eigenvalue weighted by molar-refractivity contribution is 5.31. The molecule has 0 radical (unpaired) electrons. The third-order valence-corrected chi connectivity index (χ3v) is 4.37. The first-order valence-electron chi connectivity index (χ1n) is 7.74. The molecule has 0 unspecified atom stereocenters.